The number of carbonyl (C=O) groups excluding carboxylic acids is 1. The monoisotopic (exact) mass is 338 g/mol. The Balaban J connectivity index is 1.74. The predicted octanol–water partition coefficient (Wildman–Crippen LogP) is 2.89. The van der Waals surface area contributed by atoms with E-state index in [-0.39, 0.29) is 11.9 Å². The first kappa shape index (κ1) is 15.5. The van der Waals surface area contributed by atoms with Crippen molar-refractivity contribution in [3.8, 4) is 0 Å². The topological polar surface area (TPSA) is 41.1 Å². The van der Waals surface area contributed by atoms with Gasteiger partial charge in [0, 0.05) is 16.9 Å². The summed E-state index contributed by atoms with van der Waals surface area (Å²) in [5, 5.41) is 6.45. The van der Waals surface area contributed by atoms with Crippen LogP contribution in [0.1, 0.15) is 31.7 Å². The van der Waals surface area contributed by atoms with Gasteiger partial charge in [0.05, 0.1) is 0 Å². The fraction of sp³-hybridized carbons (Fsp3) is 0.562. The Morgan fingerprint density at radius 3 is 2.65 bits per heavy atom. The third kappa shape index (κ3) is 5.25. The van der Waals surface area contributed by atoms with Crippen LogP contribution in [-0.2, 0) is 11.2 Å². The number of hydrogen-bond donors (Lipinski definition) is 2. The van der Waals surface area contributed by atoms with Crippen LogP contribution in [0, 0.1) is 5.92 Å². The summed E-state index contributed by atoms with van der Waals surface area (Å²) >= 11 is 3.43. The lowest BCUT2D eigenvalue weighted by Gasteiger charge is -2.23. The standard InChI is InChI=1S/C16H23BrN2O/c1-12(10-13-2-4-15(17)5-3-13)19-16(20)11-14-6-8-18-9-7-14/h2-5,12,14,18H,6-11H2,1H3,(H,19,20). The lowest BCUT2D eigenvalue weighted by atomic mass is 9.94. The smallest absolute Gasteiger partial charge is 0.220 e. The average molecular weight is 339 g/mol. The summed E-state index contributed by atoms with van der Waals surface area (Å²) < 4.78 is 1.09. The Morgan fingerprint density at radius 1 is 1.35 bits per heavy atom. The maximum atomic E-state index is 12.0. The number of amides is 1. The highest BCUT2D eigenvalue weighted by Crippen LogP contribution is 2.16. The van der Waals surface area contributed by atoms with E-state index in [1.54, 1.807) is 0 Å². The van der Waals surface area contributed by atoms with E-state index in [4.69, 9.17) is 0 Å². The average Bonchev–Trinajstić information content (AvgIpc) is 2.42. The molecule has 2 N–H and O–H groups in total. The van der Waals surface area contributed by atoms with E-state index in [1.807, 2.05) is 12.1 Å². The minimum Gasteiger partial charge on any atom is -0.353 e. The van der Waals surface area contributed by atoms with Gasteiger partial charge in [0.25, 0.3) is 0 Å². The number of carbonyl (C=O) groups is 1. The molecule has 1 heterocycles. The zero-order valence-electron chi connectivity index (χ0n) is 12.0. The van der Waals surface area contributed by atoms with Crippen LogP contribution in [0.3, 0.4) is 0 Å². The van der Waals surface area contributed by atoms with Crippen LogP contribution in [-0.4, -0.2) is 25.0 Å². The summed E-state index contributed by atoms with van der Waals surface area (Å²) in [6, 6.07) is 8.46. The largest absolute Gasteiger partial charge is 0.353 e. The summed E-state index contributed by atoms with van der Waals surface area (Å²) in [6.07, 6.45) is 3.79. The lowest BCUT2D eigenvalue weighted by Crippen LogP contribution is -2.37. The Hall–Kier alpha value is -0.870. The van der Waals surface area contributed by atoms with Crippen molar-refractivity contribution >= 4 is 21.8 Å². The van der Waals surface area contributed by atoms with Crippen LogP contribution in [0.25, 0.3) is 0 Å². The lowest BCUT2D eigenvalue weighted by molar-refractivity contribution is -0.122. The first-order valence-corrected chi connectivity index (χ1v) is 8.17. The fourth-order valence-corrected chi connectivity index (χ4v) is 2.97. The van der Waals surface area contributed by atoms with Gasteiger partial charge < -0.3 is 10.6 Å². The van der Waals surface area contributed by atoms with Gasteiger partial charge in [0.1, 0.15) is 0 Å². The second kappa shape index (κ2) is 7.79. The van der Waals surface area contributed by atoms with E-state index in [0.29, 0.717) is 12.3 Å². The van der Waals surface area contributed by atoms with E-state index < -0.39 is 0 Å². The molecule has 1 unspecified atom stereocenters. The van der Waals surface area contributed by atoms with E-state index in [1.165, 1.54) is 5.56 Å². The van der Waals surface area contributed by atoms with Gasteiger partial charge in [-0.25, -0.2) is 0 Å². The molecule has 1 saturated heterocycles. The van der Waals surface area contributed by atoms with Gasteiger partial charge in [-0.2, -0.15) is 0 Å². The summed E-state index contributed by atoms with van der Waals surface area (Å²) in [4.78, 5) is 12.0. The molecular weight excluding hydrogens is 316 g/mol. The minimum absolute atomic E-state index is 0.186. The second-order valence-electron chi connectivity index (χ2n) is 5.70. The molecule has 0 aromatic heterocycles. The summed E-state index contributed by atoms with van der Waals surface area (Å²) in [5.74, 6) is 0.748. The van der Waals surface area contributed by atoms with Crippen molar-refractivity contribution in [1.82, 2.24) is 10.6 Å². The number of halogens is 1. The van der Waals surface area contributed by atoms with Gasteiger partial charge in [-0.05, 0) is 62.9 Å². The van der Waals surface area contributed by atoms with Crippen molar-refractivity contribution in [2.45, 2.75) is 38.6 Å². The minimum atomic E-state index is 0.186. The molecule has 4 heteroatoms. The maximum Gasteiger partial charge on any atom is 0.220 e. The SMILES string of the molecule is CC(Cc1ccc(Br)cc1)NC(=O)CC1CCNCC1. The maximum absolute atomic E-state index is 12.0. The highest BCUT2D eigenvalue weighted by Gasteiger charge is 2.17. The molecule has 20 heavy (non-hydrogen) atoms. The Kier molecular flexibility index (Phi) is 6.05. The summed E-state index contributed by atoms with van der Waals surface area (Å²) in [5.41, 5.74) is 1.25. The Labute approximate surface area is 129 Å². The van der Waals surface area contributed by atoms with Crippen LogP contribution in [0.2, 0.25) is 0 Å². The van der Waals surface area contributed by atoms with Gasteiger partial charge in [-0.1, -0.05) is 28.1 Å². The fourth-order valence-electron chi connectivity index (χ4n) is 2.71. The van der Waals surface area contributed by atoms with Crippen molar-refractivity contribution in [2.75, 3.05) is 13.1 Å². The van der Waals surface area contributed by atoms with Crippen LogP contribution in [0.15, 0.2) is 28.7 Å². The molecule has 1 amide bonds. The van der Waals surface area contributed by atoms with Gasteiger partial charge in [-0.15, -0.1) is 0 Å². The molecule has 3 nitrogen and oxygen atoms in total. The van der Waals surface area contributed by atoms with Crippen LogP contribution in [0.5, 0.6) is 0 Å². The number of nitrogens with one attached hydrogen (secondary N) is 2. The summed E-state index contributed by atoms with van der Waals surface area (Å²) in [6.45, 7) is 4.17. The quantitative estimate of drug-likeness (QED) is 0.866. The Morgan fingerprint density at radius 2 is 2.00 bits per heavy atom. The van der Waals surface area contributed by atoms with Crippen molar-refractivity contribution in [3.63, 3.8) is 0 Å². The van der Waals surface area contributed by atoms with Gasteiger partial charge in [-0.3, -0.25) is 4.79 Å². The van der Waals surface area contributed by atoms with Gasteiger partial charge in [0.15, 0.2) is 0 Å². The third-order valence-electron chi connectivity index (χ3n) is 3.80. The predicted molar refractivity (Wildman–Crippen MR) is 85.7 cm³/mol. The highest BCUT2D eigenvalue weighted by molar-refractivity contribution is 9.10. The van der Waals surface area contributed by atoms with Crippen molar-refractivity contribution in [1.29, 1.82) is 0 Å². The van der Waals surface area contributed by atoms with Crippen molar-refractivity contribution < 1.29 is 4.79 Å². The molecule has 110 valence electrons. The first-order valence-electron chi connectivity index (χ1n) is 7.38. The molecule has 2 rings (SSSR count). The molecule has 0 bridgehead atoms. The molecule has 1 aliphatic rings. The first-order chi connectivity index (χ1) is 9.63. The van der Waals surface area contributed by atoms with Gasteiger partial charge in [0.2, 0.25) is 5.91 Å². The number of rotatable bonds is 5. The number of hydrogen-bond acceptors (Lipinski definition) is 2. The molecule has 1 aliphatic heterocycles. The molecule has 1 atom stereocenters. The molecule has 1 aromatic carbocycles. The van der Waals surface area contributed by atoms with E-state index in [9.17, 15) is 4.79 Å². The molecule has 0 spiro atoms. The molecular formula is C16H23BrN2O. The van der Waals surface area contributed by atoms with Gasteiger partial charge >= 0.3 is 0 Å². The molecule has 1 fully saturated rings. The molecule has 0 aliphatic carbocycles. The second-order valence-corrected chi connectivity index (χ2v) is 6.61. The zero-order chi connectivity index (χ0) is 14.4. The summed E-state index contributed by atoms with van der Waals surface area (Å²) in [7, 11) is 0. The van der Waals surface area contributed by atoms with Crippen molar-refractivity contribution in [2.24, 2.45) is 5.92 Å². The molecule has 0 radical (unpaired) electrons. The van der Waals surface area contributed by atoms with Crippen LogP contribution >= 0.6 is 15.9 Å². The van der Waals surface area contributed by atoms with E-state index >= 15 is 0 Å². The van der Waals surface area contributed by atoms with Crippen LogP contribution in [0.4, 0.5) is 0 Å². The normalized spacial score (nSPS) is 17.7. The van der Waals surface area contributed by atoms with E-state index in [2.05, 4.69) is 45.6 Å². The highest BCUT2D eigenvalue weighted by atomic mass is 79.9. The van der Waals surface area contributed by atoms with Crippen LogP contribution < -0.4 is 10.6 Å². The zero-order valence-corrected chi connectivity index (χ0v) is 13.6. The van der Waals surface area contributed by atoms with Crippen molar-refractivity contribution in [3.05, 3.63) is 34.3 Å². The third-order valence-corrected chi connectivity index (χ3v) is 4.32. The number of benzene rings is 1. The van der Waals surface area contributed by atoms with E-state index in [0.717, 1.165) is 36.8 Å². The molecule has 1 aromatic rings. The molecule has 0 saturated carbocycles. The number of piperidine rings is 1. The Bertz CT molecular complexity index is 427.